The Hall–Kier alpha value is -3.38. The van der Waals surface area contributed by atoms with Crippen molar-refractivity contribution in [1.29, 1.82) is 5.26 Å². The summed E-state index contributed by atoms with van der Waals surface area (Å²) in [6.45, 7) is 1.55. The minimum Gasteiger partial charge on any atom is -0.325 e. The average molecular weight is 428 g/mol. The van der Waals surface area contributed by atoms with Crippen LogP contribution in [0.1, 0.15) is 18.2 Å². The van der Waals surface area contributed by atoms with Crippen LogP contribution in [0.5, 0.6) is 0 Å². The quantitative estimate of drug-likeness (QED) is 0.449. The third-order valence-corrected chi connectivity index (χ3v) is 4.96. The lowest BCUT2D eigenvalue weighted by Gasteiger charge is -2.14. The van der Waals surface area contributed by atoms with Crippen molar-refractivity contribution in [3.05, 3.63) is 71.9 Å². The molecule has 3 rings (SSSR count). The Balaban J connectivity index is 1.81. The molecule has 1 heterocycles. The number of anilines is 1. The highest BCUT2D eigenvalue weighted by atomic mass is 32.2. The highest BCUT2D eigenvalue weighted by molar-refractivity contribution is 8.00. The number of nitrogens with zero attached hydrogens (tertiary/aromatic N) is 3. The minimum absolute atomic E-state index is 0.125. The van der Waals surface area contributed by atoms with Gasteiger partial charge in [0, 0.05) is 11.3 Å². The average Bonchev–Trinajstić information content (AvgIpc) is 2.74. The van der Waals surface area contributed by atoms with Crippen LogP contribution in [0.25, 0.3) is 11.3 Å². The van der Waals surface area contributed by atoms with Gasteiger partial charge in [-0.3, -0.25) is 4.79 Å². The van der Waals surface area contributed by atoms with Crippen molar-refractivity contribution < 1.29 is 18.0 Å². The van der Waals surface area contributed by atoms with Crippen molar-refractivity contribution in [3.8, 4) is 17.3 Å². The molecule has 30 heavy (non-hydrogen) atoms. The van der Waals surface area contributed by atoms with Crippen LogP contribution in [0, 0.1) is 11.3 Å². The molecule has 0 aliphatic rings. The second-order valence-corrected chi connectivity index (χ2v) is 7.53. The Bertz CT molecular complexity index is 1080. The van der Waals surface area contributed by atoms with Crippen molar-refractivity contribution in [2.45, 2.75) is 23.5 Å². The number of rotatable bonds is 5. The van der Waals surface area contributed by atoms with Gasteiger partial charge in [-0.15, -0.1) is 0 Å². The summed E-state index contributed by atoms with van der Waals surface area (Å²) in [4.78, 5) is 20.2. The molecule has 1 N–H and O–H groups in total. The van der Waals surface area contributed by atoms with Gasteiger partial charge in [-0.1, -0.05) is 42.1 Å². The standard InChI is InChI=1S/C21H15F3N4OS/c1-13(19(29)26-16-9-7-14(12-25)8-10-16)30-20-27-17(15-5-3-2-4-6-15)11-18(28-20)21(22,23)24/h2-11,13H,1H3,(H,26,29)/t13-/m1/s1. The zero-order chi connectivity index (χ0) is 21.7. The number of halogens is 3. The van der Waals surface area contributed by atoms with Gasteiger partial charge in [0.05, 0.1) is 22.6 Å². The maximum atomic E-state index is 13.3. The van der Waals surface area contributed by atoms with Gasteiger partial charge in [0.1, 0.15) is 5.69 Å². The Morgan fingerprint density at radius 3 is 2.37 bits per heavy atom. The number of alkyl halides is 3. The van der Waals surface area contributed by atoms with Crippen molar-refractivity contribution in [3.63, 3.8) is 0 Å². The maximum absolute atomic E-state index is 13.3. The van der Waals surface area contributed by atoms with Gasteiger partial charge in [-0.2, -0.15) is 18.4 Å². The Labute approximate surface area is 175 Å². The number of carbonyl (C=O) groups is 1. The third kappa shape index (κ3) is 5.36. The van der Waals surface area contributed by atoms with Gasteiger partial charge in [0.25, 0.3) is 0 Å². The maximum Gasteiger partial charge on any atom is 0.433 e. The van der Waals surface area contributed by atoms with Crippen LogP contribution in [-0.2, 0) is 11.0 Å². The van der Waals surface area contributed by atoms with Crippen LogP contribution in [0.3, 0.4) is 0 Å². The first-order chi connectivity index (χ1) is 14.3. The molecule has 1 atom stereocenters. The molecule has 0 aliphatic carbocycles. The van der Waals surface area contributed by atoms with Crippen molar-refractivity contribution >= 4 is 23.4 Å². The summed E-state index contributed by atoms with van der Waals surface area (Å²) in [7, 11) is 0. The highest BCUT2D eigenvalue weighted by Gasteiger charge is 2.34. The first kappa shape index (κ1) is 21.3. The molecular formula is C21H15F3N4OS. The fourth-order valence-corrected chi connectivity index (χ4v) is 3.25. The summed E-state index contributed by atoms with van der Waals surface area (Å²) in [6.07, 6.45) is -4.64. The molecule has 5 nitrogen and oxygen atoms in total. The molecule has 0 saturated heterocycles. The lowest BCUT2D eigenvalue weighted by molar-refractivity contribution is -0.141. The lowest BCUT2D eigenvalue weighted by atomic mass is 10.1. The van der Waals surface area contributed by atoms with E-state index >= 15 is 0 Å². The first-order valence-corrected chi connectivity index (χ1v) is 9.63. The molecule has 0 radical (unpaired) electrons. The molecular weight excluding hydrogens is 413 g/mol. The van der Waals surface area contributed by atoms with E-state index < -0.39 is 23.0 Å². The van der Waals surface area contributed by atoms with Crippen molar-refractivity contribution in [2.24, 2.45) is 0 Å². The van der Waals surface area contributed by atoms with Gasteiger partial charge in [0.15, 0.2) is 5.16 Å². The lowest BCUT2D eigenvalue weighted by Crippen LogP contribution is -2.23. The minimum atomic E-state index is -4.64. The highest BCUT2D eigenvalue weighted by Crippen LogP contribution is 2.33. The Morgan fingerprint density at radius 2 is 1.77 bits per heavy atom. The van der Waals surface area contributed by atoms with E-state index in [0.717, 1.165) is 17.8 Å². The monoisotopic (exact) mass is 428 g/mol. The Morgan fingerprint density at radius 1 is 1.10 bits per heavy atom. The van der Waals surface area contributed by atoms with E-state index in [1.165, 1.54) is 0 Å². The summed E-state index contributed by atoms with van der Waals surface area (Å²) in [5.41, 5.74) is 0.489. The molecule has 0 fully saturated rings. The second kappa shape index (κ2) is 8.97. The fraction of sp³-hybridized carbons (Fsp3) is 0.143. The van der Waals surface area contributed by atoms with Crippen LogP contribution >= 0.6 is 11.8 Å². The topological polar surface area (TPSA) is 78.7 Å². The number of benzene rings is 2. The molecule has 3 aromatic rings. The zero-order valence-electron chi connectivity index (χ0n) is 15.6. The summed E-state index contributed by atoms with van der Waals surface area (Å²) < 4.78 is 39.9. The Kier molecular flexibility index (Phi) is 6.37. The van der Waals surface area contributed by atoms with E-state index in [2.05, 4.69) is 15.3 Å². The third-order valence-electron chi connectivity index (χ3n) is 4.00. The summed E-state index contributed by atoms with van der Waals surface area (Å²) in [5, 5.41) is 10.6. The van der Waals surface area contributed by atoms with Crippen LogP contribution < -0.4 is 5.32 Å². The predicted molar refractivity (Wildman–Crippen MR) is 108 cm³/mol. The number of carbonyl (C=O) groups excluding carboxylic acids is 1. The van der Waals surface area contributed by atoms with Crippen LogP contribution in [-0.4, -0.2) is 21.1 Å². The van der Waals surface area contributed by atoms with Gasteiger partial charge in [0.2, 0.25) is 5.91 Å². The van der Waals surface area contributed by atoms with Gasteiger partial charge < -0.3 is 5.32 Å². The van der Waals surface area contributed by atoms with E-state index in [-0.39, 0.29) is 10.9 Å². The number of nitrogens with one attached hydrogen (secondary N) is 1. The van der Waals surface area contributed by atoms with Crippen LogP contribution in [0.2, 0.25) is 0 Å². The molecule has 1 aromatic heterocycles. The number of aromatic nitrogens is 2. The number of hydrogen-bond donors (Lipinski definition) is 1. The molecule has 0 saturated carbocycles. The van der Waals surface area contributed by atoms with Crippen molar-refractivity contribution in [1.82, 2.24) is 9.97 Å². The SMILES string of the molecule is C[C@@H](Sc1nc(-c2ccccc2)cc(C(F)(F)F)n1)C(=O)Nc1ccc(C#N)cc1. The van der Waals surface area contributed by atoms with Crippen LogP contribution in [0.4, 0.5) is 18.9 Å². The summed E-state index contributed by atoms with van der Waals surface area (Å²) in [6, 6.07) is 17.6. The summed E-state index contributed by atoms with van der Waals surface area (Å²) >= 11 is 0.831. The van der Waals surface area contributed by atoms with Crippen molar-refractivity contribution in [2.75, 3.05) is 5.32 Å². The zero-order valence-corrected chi connectivity index (χ0v) is 16.5. The van der Waals surface area contributed by atoms with E-state index in [1.807, 2.05) is 6.07 Å². The number of hydrogen-bond acceptors (Lipinski definition) is 5. The molecule has 152 valence electrons. The van der Waals surface area contributed by atoms with E-state index in [9.17, 15) is 18.0 Å². The normalized spacial score (nSPS) is 12.1. The number of amides is 1. The van der Waals surface area contributed by atoms with E-state index in [0.29, 0.717) is 16.8 Å². The fourth-order valence-electron chi connectivity index (χ4n) is 2.46. The molecule has 0 unspecified atom stereocenters. The smallest absolute Gasteiger partial charge is 0.325 e. The van der Waals surface area contributed by atoms with Gasteiger partial charge in [-0.25, -0.2) is 9.97 Å². The largest absolute Gasteiger partial charge is 0.433 e. The van der Waals surface area contributed by atoms with E-state index in [4.69, 9.17) is 5.26 Å². The van der Waals surface area contributed by atoms with Gasteiger partial charge in [-0.05, 0) is 37.3 Å². The molecule has 0 spiro atoms. The molecule has 9 heteroatoms. The second-order valence-electron chi connectivity index (χ2n) is 6.22. The van der Waals surface area contributed by atoms with E-state index in [1.54, 1.807) is 61.5 Å². The van der Waals surface area contributed by atoms with Gasteiger partial charge >= 0.3 is 6.18 Å². The molecule has 0 bridgehead atoms. The number of thioether (sulfide) groups is 1. The summed E-state index contributed by atoms with van der Waals surface area (Å²) in [5.74, 6) is -0.424. The predicted octanol–water partition coefficient (Wildman–Crippen LogP) is 5.15. The first-order valence-electron chi connectivity index (χ1n) is 8.75. The molecule has 0 aliphatic heterocycles. The van der Waals surface area contributed by atoms with Crippen LogP contribution in [0.15, 0.2) is 65.8 Å². The molecule has 2 aromatic carbocycles. The number of nitriles is 1. The molecule has 1 amide bonds.